The van der Waals surface area contributed by atoms with Crippen LogP contribution in [0.1, 0.15) is 44.5 Å². The third-order valence-corrected chi connectivity index (χ3v) is 7.52. The average Bonchev–Trinajstić information content (AvgIpc) is 3.14. The molecule has 31 heavy (non-hydrogen) atoms. The van der Waals surface area contributed by atoms with E-state index in [-0.39, 0.29) is 29.9 Å². The lowest BCUT2D eigenvalue weighted by atomic mass is 9.92. The lowest BCUT2D eigenvalue weighted by molar-refractivity contribution is -0.122. The number of rotatable bonds is 6. The molecule has 11 heteroatoms. The van der Waals surface area contributed by atoms with Crippen molar-refractivity contribution in [2.75, 3.05) is 13.1 Å². The number of hydrogen-bond acceptors (Lipinski definition) is 7. The Balaban J connectivity index is 1.46. The highest BCUT2D eigenvalue weighted by molar-refractivity contribution is 7.89. The molecule has 1 unspecified atom stereocenters. The fourth-order valence-corrected chi connectivity index (χ4v) is 5.63. The van der Waals surface area contributed by atoms with Gasteiger partial charge < -0.3 is 10.1 Å². The van der Waals surface area contributed by atoms with Gasteiger partial charge in [-0.2, -0.15) is 4.31 Å². The highest BCUT2D eigenvalue weighted by Crippen LogP contribution is 2.34. The van der Waals surface area contributed by atoms with Crippen LogP contribution >= 0.6 is 0 Å². The summed E-state index contributed by atoms with van der Waals surface area (Å²) in [7, 11) is -3.64. The number of nitrogens with zero attached hydrogens (tertiary/aromatic N) is 5. The largest absolute Gasteiger partial charge is 0.365 e. The van der Waals surface area contributed by atoms with Gasteiger partial charge in [0.2, 0.25) is 15.9 Å². The third-order valence-electron chi connectivity index (χ3n) is 5.69. The average molecular weight is 449 g/mol. The molecule has 2 aromatic heterocycles. The molecule has 2 aliphatic heterocycles. The van der Waals surface area contributed by atoms with Gasteiger partial charge in [0.15, 0.2) is 0 Å². The normalized spacial score (nSPS) is 21.9. The van der Waals surface area contributed by atoms with E-state index < -0.39 is 15.6 Å². The van der Waals surface area contributed by atoms with Gasteiger partial charge in [-0.3, -0.25) is 9.78 Å². The summed E-state index contributed by atoms with van der Waals surface area (Å²) in [6.07, 6.45) is 4.82. The van der Waals surface area contributed by atoms with Gasteiger partial charge in [-0.25, -0.2) is 13.1 Å². The van der Waals surface area contributed by atoms with Crippen molar-refractivity contribution in [1.29, 1.82) is 0 Å². The number of carbonyl (C=O) groups is 1. The lowest BCUT2D eigenvalue weighted by Crippen LogP contribution is -2.55. The first-order valence-electron chi connectivity index (χ1n) is 10.5. The zero-order chi connectivity index (χ0) is 22.1. The Morgan fingerprint density at radius 3 is 2.94 bits per heavy atom. The number of ether oxygens (including phenoxy) is 1. The second kappa shape index (κ2) is 8.64. The van der Waals surface area contributed by atoms with Crippen molar-refractivity contribution >= 4 is 15.9 Å². The molecule has 4 rings (SSSR count). The van der Waals surface area contributed by atoms with Crippen LogP contribution in [0.5, 0.6) is 0 Å². The Morgan fingerprint density at radius 1 is 1.35 bits per heavy atom. The van der Waals surface area contributed by atoms with E-state index in [1.807, 2.05) is 13.8 Å². The van der Waals surface area contributed by atoms with E-state index in [0.717, 1.165) is 12.1 Å². The maximum atomic E-state index is 13.0. The monoisotopic (exact) mass is 448 g/mol. The molecule has 0 aromatic carbocycles. The quantitative estimate of drug-likeness (QED) is 0.702. The molecule has 2 aromatic rings. The molecule has 1 amide bonds. The van der Waals surface area contributed by atoms with Crippen molar-refractivity contribution in [2.45, 2.75) is 63.3 Å². The molecule has 1 fully saturated rings. The molecule has 10 nitrogen and oxygen atoms in total. The van der Waals surface area contributed by atoms with Gasteiger partial charge in [-0.1, -0.05) is 19.1 Å². The zero-order valence-corrected chi connectivity index (χ0v) is 18.6. The molecular weight excluding hydrogens is 420 g/mol. The number of amides is 1. The van der Waals surface area contributed by atoms with Crippen molar-refractivity contribution in [2.24, 2.45) is 5.92 Å². The molecule has 4 heterocycles. The fourth-order valence-electron chi connectivity index (χ4n) is 4.11. The number of nitrogens with one attached hydrogen (secondary N) is 1. The van der Waals surface area contributed by atoms with E-state index >= 15 is 0 Å². The Kier molecular flexibility index (Phi) is 6.09. The summed E-state index contributed by atoms with van der Waals surface area (Å²) in [5.74, 6) is 0.267. The van der Waals surface area contributed by atoms with E-state index in [9.17, 15) is 13.2 Å². The first-order valence-corrected chi connectivity index (χ1v) is 12.0. The number of sulfonamides is 1. The molecule has 1 N–H and O–H groups in total. The van der Waals surface area contributed by atoms with E-state index in [0.29, 0.717) is 38.2 Å². The lowest BCUT2D eigenvalue weighted by Gasteiger charge is -2.44. The van der Waals surface area contributed by atoms with Crippen molar-refractivity contribution < 1.29 is 17.9 Å². The van der Waals surface area contributed by atoms with Crippen LogP contribution in [0.2, 0.25) is 0 Å². The summed E-state index contributed by atoms with van der Waals surface area (Å²) >= 11 is 0. The van der Waals surface area contributed by atoms with Crippen molar-refractivity contribution in [3.8, 4) is 0 Å². The summed E-state index contributed by atoms with van der Waals surface area (Å²) in [6.45, 7) is 5.70. The smallest absolute Gasteiger partial charge is 0.244 e. The van der Waals surface area contributed by atoms with E-state index in [2.05, 4.69) is 20.6 Å². The molecule has 1 atom stereocenters. The van der Waals surface area contributed by atoms with Crippen LogP contribution in [-0.4, -0.2) is 57.3 Å². The molecule has 0 bridgehead atoms. The number of fused-ring (bicyclic) bond motifs is 1. The summed E-state index contributed by atoms with van der Waals surface area (Å²) in [4.78, 5) is 16.1. The van der Waals surface area contributed by atoms with Gasteiger partial charge in [-0.15, -0.1) is 5.10 Å². The van der Waals surface area contributed by atoms with Gasteiger partial charge in [0.25, 0.3) is 0 Å². The Morgan fingerprint density at radius 2 is 2.19 bits per heavy atom. The van der Waals surface area contributed by atoms with E-state index in [1.54, 1.807) is 23.0 Å². The highest BCUT2D eigenvalue weighted by atomic mass is 32.2. The fraction of sp³-hybridized carbons (Fsp3) is 0.600. The van der Waals surface area contributed by atoms with E-state index in [4.69, 9.17) is 4.74 Å². The molecule has 168 valence electrons. The second-order valence-electron chi connectivity index (χ2n) is 8.62. The molecule has 1 saturated heterocycles. The summed E-state index contributed by atoms with van der Waals surface area (Å²) in [5.41, 5.74) is 0.858. The molecule has 1 spiro atoms. The zero-order valence-electron chi connectivity index (χ0n) is 17.8. The second-order valence-corrected chi connectivity index (χ2v) is 10.6. The number of piperidine rings is 1. The highest BCUT2D eigenvalue weighted by Gasteiger charge is 2.44. The topological polar surface area (TPSA) is 119 Å². The molecule has 0 radical (unpaired) electrons. The van der Waals surface area contributed by atoms with Crippen LogP contribution in [0.25, 0.3) is 0 Å². The van der Waals surface area contributed by atoms with Crippen LogP contribution in [0.15, 0.2) is 29.4 Å². The minimum atomic E-state index is -3.64. The summed E-state index contributed by atoms with van der Waals surface area (Å²) in [6, 6.07) is 3.17. The van der Waals surface area contributed by atoms with Crippen LogP contribution < -0.4 is 5.32 Å². The third kappa shape index (κ3) is 4.63. The number of carbonyl (C=O) groups excluding carboxylic acids is 1. The van der Waals surface area contributed by atoms with Gasteiger partial charge in [0, 0.05) is 31.9 Å². The van der Waals surface area contributed by atoms with Gasteiger partial charge in [0.1, 0.15) is 16.2 Å². The van der Waals surface area contributed by atoms with Crippen LogP contribution in [-0.2, 0) is 39.3 Å². The Hall–Kier alpha value is -2.37. The van der Waals surface area contributed by atoms with Gasteiger partial charge in [-0.05, 0) is 30.9 Å². The van der Waals surface area contributed by atoms with Crippen molar-refractivity contribution in [3.63, 3.8) is 0 Å². The minimum absolute atomic E-state index is 0.0199. The van der Waals surface area contributed by atoms with Gasteiger partial charge >= 0.3 is 0 Å². The maximum absolute atomic E-state index is 13.0. The molecule has 0 saturated carbocycles. The minimum Gasteiger partial charge on any atom is -0.365 e. The SMILES string of the molecule is CC(C)CC(=O)NCc1nnn2c1COC1(CCCN(S(=O)(=O)c3cccnc3)C1)C2. The molecule has 0 aliphatic carbocycles. The predicted octanol–water partition coefficient (Wildman–Crippen LogP) is 1.09. The first-order chi connectivity index (χ1) is 14.8. The van der Waals surface area contributed by atoms with Crippen LogP contribution in [0, 0.1) is 5.92 Å². The van der Waals surface area contributed by atoms with Crippen molar-refractivity contribution in [1.82, 2.24) is 29.6 Å². The Bertz CT molecular complexity index is 1040. The van der Waals surface area contributed by atoms with Gasteiger partial charge in [0.05, 0.1) is 25.4 Å². The number of hydrogen-bond donors (Lipinski definition) is 1. The summed E-state index contributed by atoms with van der Waals surface area (Å²) < 4.78 is 35.6. The first kappa shape index (κ1) is 21.8. The number of pyridine rings is 1. The number of aromatic nitrogens is 4. The van der Waals surface area contributed by atoms with Crippen LogP contribution in [0.4, 0.5) is 0 Å². The summed E-state index contributed by atoms with van der Waals surface area (Å²) in [5, 5.41) is 11.3. The maximum Gasteiger partial charge on any atom is 0.244 e. The Labute approximate surface area is 182 Å². The molecular formula is C20H28N6O4S. The molecule has 2 aliphatic rings. The van der Waals surface area contributed by atoms with Crippen LogP contribution in [0.3, 0.4) is 0 Å². The van der Waals surface area contributed by atoms with E-state index in [1.165, 1.54) is 10.5 Å². The van der Waals surface area contributed by atoms with Crippen molar-refractivity contribution in [3.05, 3.63) is 35.9 Å². The standard InChI is InChI=1S/C20H28N6O4S/c1-15(2)9-19(27)22-11-17-18-12-30-20(14-26(18)24-23-17)6-4-8-25(13-20)31(28,29)16-5-3-7-21-10-16/h3,5,7,10,15H,4,6,8-9,11-14H2,1-2H3,(H,22,27). The predicted molar refractivity (Wildman–Crippen MR) is 111 cm³/mol.